The summed E-state index contributed by atoms with van der Waals surface area (Å²) in [5.74, 6) is -1.22. The molecule has 2 N–H and O–H groups in total. The Kier molecular flexibility index (Phi) is 6.40. The summed E-state index contributed by atoms with van der Waals surface area (Å²) in [5.41, 5.74) is 1.26. The Morgan fingerprint density at radius 3 is 2.50 bits per heavy atom. The van der Waals surface area contributed by atoms with Crippen LogP contribution in [0.3, 0.4) is 0 Å². The van der Waals surface area contributed by atoms with Crippen LogP contribution in [-0.2, 0) is 16.0 Å². The largest absolute Gasteiger partial charge is 0.480 e. The summed E-state index contributed by atoms with van der Waals surface area (Å²) in [6.07, 6.45) is 5.58. The molecule has 0 spiro atoms. The third-order valence-corrected chi connectivity index (χ3v) is 4.16. The minimum absolute atomic E-state index is 0.206. The Hall–Kier alpha value is -1.88. The number of hydrogen-bond acceptors (Lipinski definition) is 3. The molecule has 0 aromatic heterocycles. The molecule has 1 fully saturated rings. The molecule has 1 saturated carbocycles. The lowest BCUT2D eigenvalue weighted by Crippen LogP contribution is -2.44. The van der Waals surface area contributed by atoms with E-state index in [0.29, 0.717) is 6.04 Å². The number of rotatable bonds is 8. The van der Waals surface area contributed by atoms with Crippen molar-refractivity contribution in [2.24, 2.45) is 0 Å². The third-order valence-electron chi connectivity index (χ3n) is 4.16. The van der Waals surface area contributed by atoms with Gasteiger partial charge in [-0.15, -0.1) is 0 Å². The number of hydrogen-bond donors (Lipinski definition) is 2. The first-order chi connectivity index (χ1) is 10.6. The molecular formula is C17H24N2O3. The number of nitrogens with zero attached hydrogens (tertiary/aromatic N) is 1. The zero-order chi connectivity index (χ0) is 15.8. The Morgan fingerprint density at radius 1 is 1.18 bits per heavy atom. The molecule has 0 unspecified atom stereocenters. The summed E-state index contributed by atoms with van der Waals surface area (Å²) >= 11 is 0. The molecule has 5 nitrogen and oxygen atoms in total. The van der Waals surface area contributed by atoms with Crippen LogP contribution in [0, 0.1) is 0 Å². The summed E-state index contributed by atoms with van der Waals surface area (Å²) in [7, 11) is 0. The van der Waals surface area contributed by atoms with E-state index >= 15 is 0 Å². The van der Waals surface area contributed by atoms with Gasteiger partial charge in [0.2, 0.25) is 5.91 Å². The van der Waals surface area contributed by atoms with E-state index in [1.165, 1.54) is 18.4 Å². The summed E-state index contributed by atoms with van der Waals surface area (Å²) < 4.78 is 0. The average molecular weight is 304 g/mol. The summed E-state index contributed by atoms with van der Waals surface area (Å²) in [6, 6.07) is 10.7. The van der Waals surface area contributed by atoms with Crippen molar-refractivity contribution in [2.45, 2.75) is 38.1 Å². The van der Waals surface area contributed by atoms with Gasteiger partial charge in [0.25, 0.3) is 0 Å². The minimum Gasteiger partial charge on any atom is -0.480 e. The SMILES string of the molecule is O=C(O)CNC(=O)CN(CCc1ccccc1)C1CCCC1. The van der Waals surface area contributed by atoms with Crippen LogP contribution in [0.2, 0.25) is 0 Å². The quantitative estimate of drug-likeness (QED) is 0.766. The second kappa shape index (κ2) is 8.54. The first-order valence-electron chi connectivity index (χ1n) is 7.91. The lowest BCUT2D eigenvalue weighted by Gasteiger charge is -2.28. The summed E-state index contributed by atoms with van der Waals surface area (Å²) in [5, 5.41) is 11.1. The number of benzene rings is 1. The zero-order valence-corrected chi connectivity index (χ0v) is 12.8. The molecule has 0 bridgehead atoms. The molecule has 5 heteroatoms. The van der Waals surface area contributed by atoms with E-state index in [4.69, 9.17) is 5.11 Å². The molecule has 0 aliphatic heterocycles. The smallest absolute Gasteiger partial charge is 0.322 e. The number of carbonyl (C=O) groups is 2. The van der Waals surface area contributed by atoms with Crippen molar-refractivity contribution >= 4 is 11.9 Å². The van der Waals surface area contributed by atoms with Crippen LogP contribution in [0.1, 0.15) is 31.2 Å². The van der Waals surface area contributed by atoms with E-state index in [2.05, 4.69) is 22.3 Å². The number of aliphatic carboxylic acids is 1. The maximum Gasteiger partial charge on any atom is 0.322 e. The highest BCUT2D eigenvalue weighted by Crippen LogP contribution is 2.23. The van der Waals surface area contributed by atoms with Crippen molar-refractivity contribution in [1.29, 1.82) is 0 Å². The molecule has 0 heterocycles. The molecule has 2 rings (SSSR count). The normalized spacial score (nSPS) is 15.1. The van der Waals surface area contributed by atoms with Gasteiger partial charge in [0.15, 0.2) is 0 Å². The predicted octanol–water partition coefficient (Wildman–Crippen LogP) is 1.67. The highest BCUT2D eigenvalue weighted by atomic mass is 16.4. The number of nitrogens with one attached hydrogen (secondary N) is 1. The molecule has 0 atom stereocenters. The maximum absolute atomic E-state index is 11.9. The summed E-state index contributed by atoms with van der Waals surface area (Å²) in [4.78, 5) is 24.6. The highest BCUT2D eigenvalue weighted by molar-refractivity contribution is 5.82. The van der Waals surface area contributed by atoms with Gasteiger partial charge in [-0.2, -0.15) is 0 Å². The van der Waals surface area contributed by atoms with E-state index in [-0.39, 0.29) is 19.0 Å². The molecule has 0 saturated heterocycles. The van der Waals surface area contributed by atoms with Gasteiger partial charge >= 0.3 is 5.97 Å². The van der Waals surface area contributed by atoms with Gasteiger partial charge < -0.3 is 10.4 Å². The van der Waals surface area contributed by atoms with Gasteiger partial charge in [-0.25, -0.2) is 0 Å². The molecule has 120 valence electrons. The predicted molar refractivity (Wildman–Crippen MR) is 84.6 cm³/mol. The second-order valence-corrected chi connectivity index (χ2v) is 5.81. The highest BCUT2D eigenvalue weighted by Gasteiger charge is 2.24. The van der Waals surface area contributed by atoms with Crippen LogP contribution < -0.4 is 5.32 Å². The van der Waals surface area contributed by atoms with Crippen LogP contribution in [-0.4, -0.2) is 47.6 Å². The van der Waals surface area contributed by atoms with Crippen LogP contribution in [0.4, 0.5) is 0 Å². The van der Waals surface area contributed by atoms with Gasteiger partial charge in [-0.1, -0.05) is 43.2 Å². The number of amides is 1. The molecule has 1 aromatic carbocycles. The van der Waals surface area contributed by atoms with Crippen LogP contribution in [0.25, 0.3) is 0 Å². The van der Waals surface area contributed by atoms with Gasteiger partial charge in [0.05, 0.1) is 6.54 Å². The van der Waals surface area contributed by atoms with Gasteiger partial charge in [-0.05, 0) is 24.8 Å². The average Bonchev–Trinajstić information content (AvgIpc) is 3.04. The van der Waals surface area contributed by atoms with Crippen molar-refractivity contribution in [3.8, 4) is 0 Å². The van der Waals surface area contributed by atoms with Gasteiger partial charge in [0, 0.05) is 12.6 Å². The first kappa shape index (κ1) is 16.5. The Bertz CT molecular complexity index is 484. The molecular weight excluding hydrogens is 280 g/mol. The van der Waals surface area contributed by atoms with E-state index < -0.39 is 5.97 Å². The lowest BCUT2D eigenvalue weighted by atomic mass is 10.1. The van der Waals surface area contributed by atoms with E-state index in [1.54, 1.807) is 0 Å². The van der Waals surface area contributed by atoms with Crippen molar-refractivity contribution in [1.82, 2.24) is 10.2 Å². The van der Waals surface area contributed by atoms with Crippen LogP contribution in [0.15, 0.2) is 30.3 Å². The fourth-order valence-electron chi connectivity index (χ4n) is 2.99. The number of carbonyl (C=O) groups excluding carboxylic acids is 1. The van der Waals surface area contributed by atoms with Crippen molar-refractivity contribution in [2.75, 3.05) is 19.6 Å². The fourth-order valence-corrected chi connectivity index (χ4v) is 2.99. The molecule has 1 aromatic rings. The lowest BCUT2D eigenvalue weighted by molar-refractivity contribution is -0.138. The van der Waals surface area contributed by atoms with Crippen molar-refractivity contribution < 1.29 is 14.7 Å². The Labute approximate surface area is 131 Å². The minimum atomic E-state index is -1.01. The molecule has 1 aliphatic rings. The molecule has 1 aliphatic carbocycles. The van der Waals surface area contributed by atoms with E-state index in [9.17, 15) is 9.59 Å². The maximum atomic E-state index is 11.9. The second-order valence-electron chi connectivity index (χ2n) is 5.81. The fraction of sp³-hybridized carbons (Fsp3) is 0.529. The summed E-state index contributed by atoms with van der Waals surface area (Å²) in [6.45, 7) is 0.802. The Morgan fingerprint density at radius 2 is 1.86 bits per heavy atom. The van der Waals surface area contributed by atoms with Crippen molar-refractivity contribution in [3.05, 3.63) is 35.9 Å². The van der Waals surface area contributed by atoms with Crippen LogP contribution in [0.5, 0.6) is 0 Å². The molecule has 1 amide bonds. The molecule has 0 radical (unpaired) electrons. The number of carboxylic acid groups (broad SMARTS) is 1. The van der Waals surface area contributed by atoms with Crippen LogP contribution >= 0.6 is 0 Å². The van der Waals surface area contributed by atoms with E-state index in [0.717, 1.165) is 25.8 Å². The first-order valence-corrected chi connectivity index (χ1v) is 7.91. The van der Waals surface area contributed by atoms with E-state index in [1.807, 2.05) is 18.2 Å². The standard InChI is InChI=1S/C17H24N2O3/c20-16(18-12-17(21)22)13-19(15-8-4-5-9-15)11-10-14-6-2-1-3-7-14/h1-3,6-7,15H,4-5,8-13H2,(H,18,20)(H,21,22). The topological polar surface area (TPSA) is 69.6 Å². The third kappa shape index (κ3) is 5.48. The molecule has 22 heavy (non-hydrogen) atoms. The van der Waals surface area contributed by atoms with Gasteiger partial charge in [-0.3, -0.25) is 14.5 Å². The monoisotopic (exact) mass is 304 g/mol. The number of carboxylic acids is 1. The van der Waals surface area contributed by atoms with Crippen molar-refractivity contribution in [3.63, 3.8) is 0 Å². The Balaban J connectivity index is 1.88. The zero-order valence-electron chi connectivity index (χ0n) is 12.8. The van der Waals surface area contributed by atoms with Gasteiger partial charge in [0.1, 0.15) is 6.54 Å².